The number of aromatic hydroxyl groups is 1. The predicted octanol–water partition coefficient (Wildman–Crippen LogP) is 5.57. The van der Waals surface area contributed by atoms with Gasteiger partial charge < -0.3 is 19.7 Å². The smallest absolute Gasteiger partial charge is 0.301 e. The van der Waals surface area contributed by atoms with Crippen LogP contribution in [0.15, 0.2) is 82.7 Å². The van der Waals surface area contributed by atoms with Gasteiger partial charge in [-0.3, -0.25) is 14.5 Å². The summed E-state index contributed by atoms with van der Waals surface area (Å²) in [5, 5.41) is 30.2. The minimum atomic E-state index is -1.04. The van der Waals surface area contributed by atoms with E-state index in [-0.39, 0.29) is 28.0 Å². The van der Waals surface area contributed by atoms with Gasteiger partial charge in [-0.1, -0.05) is 59.5 Å². The molecule has 4 aromatic rings. The van der Waals surface area contributed by atoms with E-state index in [1.165, 1.54) is 47.2 Å². The Balaban J connectivity index is 1.56. The molecule has 0 saturated carbocycles. The van der Waals surface area contributed by atoms with E-state index in [2.05, 4.69) is 10.2 Å². The number of nitrogens with zero attached hydrogens (tertiary/aromatic N) is 3. The number of benzene rings is 3. The lowest BCUT2D eigenvalue weighted by molar-refractivity contribution is -0.132. The maximum absolute atomic E-state index is 13.4. The van der Waals surface area contributed by atoms with Crippen LogP contribution in [0.3, 0.4) is 0 Å². The zero-order valence-electron chi connectivity index (χ0n) is 21.6. The summed E-state index contributed by atoms with van der Waals surface area (Å²) < 4.78 is 11.4. The Kier molecular flexibility index (Phi) is 8.04. The average molecular weight is 576 g/mol. The van der Waals surface area contributed by atoms with E-state index in [9.17, 15) is 19.8 Å². The zero-order chi connectivity index (χ0) is 28.2. The molecule has 5 rings (SSSR count). The van der Waals surface area contributed by atoms with Gasteiger partial charge in [0.2, 0.25) is 5.13 Å². The van der Waals surface area contributed by atoms with Crippen LogP contribution >= 0.6 is 23.1 Å². The molecule has 1 amide bonds. The van der Waals surface area contributed by atoms with Crippen molar-refractivity contribution in [3.63, 3.8) is 0 Å². The van der Waals surface area contributed by atoms with Gasteiger partial charge in [0, 0.05) is 11.3 Å². The molecule has 204 valence electrons. The van der Waals surface area contributed by atoms with Crippen molar-refractivity contribution < 1.29 is 29.3 Å². The maximum atomic E-state index is 13.4. The first-order chi connectivity index (χ1) is 19.4. The zero-order valence-corrected chi connectivity index (χ0v) is 23.2. The first kappa shape index (κ1) is 27.2. The van der Waals surface area contributed by atoms with Gasteiger partial charge in [0.25, 0.3) is 5.78 Å². The number of anilines is 1. The number of carbonyl (C=O) groups is 2. The van der Waals surface area contributed by atoms with Crippen molar-refractivity contribution in [2.24, 2.45) is 0 Å². The molecule has 11 heteroatoms. The second-order valence-electron chi connectivity index (χ2n) is 8.68. The fourth-order valence-corrected chi connectivity index (χ4v) is 6.14. The number of Topliss-reactive ketones (excluding diaryl/α,β-unsaturated/α-hetero) is 1. The Labute approximate surface area is 238 Å². The molecule has 1 unspecified atom stereocenters. The van der Waals surface area contributed by atoms with Gasteiger partial charge in [-0.15, -0.1) is 10.2 Å². The largest absolute Gasteiger partial charge is 0.507 e. The number of carbonyl (C=O) groups excluding carboxylic acids is 2. The Morgan fingerprint density at radius 1 is 1.05 bits per heavy atom. The van der Waals surface area contributed by atoms with Crippen LogP contribution in [-0.4, -0.2) is 45.8 Å². The predicted molar refractivity (Wildman–Crippen MR) is 153 cm³/mol. The number of ketones is 1. The molecular weight excluding hydrogens is 550 g/mol. The number of aromatic nitrogens is 2. The van der Waals surface area contributed by atoms with Gasteiger partial charge in [0.05, 0.1) is 25.3 Å². The number of hydrogen-bond acceptors (Lipinski definition) is 10. The van der Waals surface area contributed by atoms with Crippen LogP contribution < -0.4 is 14.4 Å². The van der Waals surface area contributed by atoms with Crippen LogP contribution in [-0.2, 0) is 15.3 Å². The molecular formula is C29H25N3O6S2. The van der Waals surface area contributed by atoms with E-state index in [0.29, 0.717) is 33.6 Å². The molecule has 3 aromatic carbocycles. The topological polar surface area (TPSA) is 122 Å². The van der Waals surface area contributed by atoms with Crippen molar-refractivity contribution in [2.75, 3.05) is 18.6 Å². The van der Waals surface area contributed by atoms with Gasteiger partial charge in [-0.05, 0) is 54.4 Å². The molecule has 2 N–H and O–H groups in total. The lowest BCUT2D eigenvalue weighted by atomic mass is 9.95. The Bertz CT molecular complexity index is 1570. The number of methoxy groups -OCH3 is 1. The van der Waals surface area contributed by atoms with Crippen LogP contribution in [0.1, 0.15) is 29.7 Å². The molecule has 1 fully saturated rings. The fraction of sp³-hybridized carbons (Fsp3) is 0.172. The SMILES string of the molecule is CCOc1ccc(/C(O)=C2/C(=O)C(=O)N(c3nnc(SCc4ccccc4)s3)C2c2ccc(O)c(OC)c2)cc1. The van der Waals surface area contributed by atoms with Gasteiger partial charge in [0.15, 0.2) is 15.8 Å². The number of ether oxygens (including phenoxy) is 2. The van der Waals surface area contributed by atoms with Crippen LogP contribution in [0.25, 0.3) is 5.76 Å². The summed E-state index contributed by atoms with van der Waals surface area (Å²) in [5.41, 5.74) is 1.77. The molecule has 1 aliphatic heterocycles. The summed E-state index contributed by atoms with van der Waals surface area (Å²) in [7, 11) is 1.40. The first-order valence-electron chi connectivity index (χ1n) is 12.3. The standard InChI is InChI=1S/C29H25N3O6S2/c1-3-38-20-12-9-18(10-13-20)25(34)23-24(19-11-14-21(33)22(15-19)37-2)32(27(36)26(23)35)28-30-31-29(40-28)39-16-17-7-5-4-6-8-17/h4-15,24,33-34H,3,16H2,1-2H3/b25-23-. The number of phenolic OH excluding ortho intramolecular Hbond substituents is 1. The summed E-state index contributed by atoms with van der Waals surface area (Å²) >= 11 is 2.64. The molecule has 2 heterocycles. The number of amides is 1. The van der Waals surface area contributed by atoms with Crippen molar-refractivity contribution >= 4 is 45.7 Å². The monoisotopic (exact) mass is 575 g/mol. The summed E-state index contributed by atoms with van der Waals surface area (Å²) in [4.78, 5) is 28.1. The number of rotatable bonds is 9. The van der Waals surface area contributed by atoms with Gasteiger partial charge in [-0.2, -0.15) is 0 Å². The summed E-state index contributed by atoms with van der Waals surface area (Å²) in [6.45, 7) is 2.34. The molecule has 0 bridgehead atoms. The van der Waals surface area contributed by atoms with Crippen LogP contribution in [0.4, 0.5) is 5.13 Å². The van der Waals surface area contributed by atoms with E-state index < -0.39 is 17.7 Å². The van der Waals surface area contributed by atoms with Crippen LogP contribution in [0.5, 0.6) is 17.2 Å². The highest BCUT2D eigenvalue weighted by molar-refractivity contribution is 8.00. The van der Waals surface area contributed by atoms with Crippen molar-refractivity contribution in [3.05, 3.63) is 95.1 Å². The molecule has 40 heavy (non-hydrogen) atoms. The number of aliphatic hydroxyl groups excluding tert-OH is 1. The van der Waals surface area contributed by atoms with Crippen molar-refractivity contribution in [1.29, 1.82) is 0 Å². The number of aliphatic hydroxyl groups is 1. The van der Waals surface area contributed by atoms with E-state index in [0.717, 1.165) is 5.56 Å². The normalized spacial score (nSPS) is 16.4. The van der Waals surface area contributed by atoms with Crippen LogP contribution in [0, 0.1) is 0 Å². The molecule has 1 aliphatic rings. The lowest BCUT2D eigenvalue weighted by Gasteiger charge is -2.23. The average Bonchev–Trinajstić information content (AvgIpc) is 3.55. The molecule has 1 aromatic heterocycles. The second kappa shape index (κ2) is 11.8. The minimum absolute atomic E-state index is 0.106. The quantitative estimate of drug-likeness (QED) is 0.0867. The Morgan fingerprint density at radius 3 is 2.50 bits per heavy atom. The van der Waals surface area contributed by atoms with Gasteiger partial charge in [0.1, 0.15) is 11.5 Å². The van der Waals surface area contributed by atoms with Crippen molar-refractivity contribution in [1.82, 2.24) is 10.2 Å². The molecule has 9 nitrogen and oxygen atoms in total. The highest BCUT2D eigenvalue weighted by Crippen LogP contribution is 2.45. The third kappa shape index (κ3) is 5.38. The summed E-state index contributed by atoms with van der Waals surface area (Å²) in [5.74, 6) is -0.744. The summed E-state index contributed by atoms with van der Waals surface area (Å²) in [6.07, 6.45) is 0. The fourth-order valence-electron chi connectivity index (χ4n) is 4.32. The molecule has 0 spiro atoms. The Hall–Kier alpha value is -4.35. The van der Waals surface area contributed by atoms with E-state index in [1.54, 1.807) is 30.3 Å². The van der Waals surface area contributed by atoms with E-state index >= 15 is 0 Å². The number of phenols is 1. The molecule has 1 saturated heterocycles. The van der Waals surface area contributed by atoms with Crippen molar-refractivity contribution in [2.45, 2.75) is 23.1 Å². The van der Waals surface area contributed by atoms with Crippen molar-refractivity contribution in [3.8, 4) is 17.2 Å². The highest BCUT2D eigenvalue weighted by Gasteiger charge is 2.48. The van der Waals surface area contributed by atoms with Gasteiger partial charge in [-0.25, -0.2) is 0 Å². The van der Waals surface area contributed by atoms with Gasteiger partial charge >= 0.3 is 5.91 Å². The molecule has 0 aliphatic carbocycles. The lowest BCUT2D eigenvalue weighted by Crippen LogP contribution is -2.29. The molecule has 1 atom stereocenters. The second-order valence-corrected chi connectivity index (χ2v) is 10.9. The van der Waals surface area contributed by atoms with E-state index in [1.807, 2.05) is 37.3 Å². The summed E-state index contributed by atoms with van der Waals surface area (Å²) in [6, 6.07) is 19.9. The number of hydrogen-bond donors (Lipinski definition) is 2. The maximum Gasteiger partial charge on any atom is 0.301 e. The van der Waals surface area contributed by atoms with Crippen LogP contribution in [0.2, 0.25) is 0 Å². The first-order valence-corrected chi connectivity index (χ1v) is 14.1. The highest BCUT2D eigenvalue weighted by atomic mass is 32.2. The number of thioether (sulfide) groups is 1. The molecule has 0 radical (unpaired) electrons. The third-order valence-corrected chi connectivity index (χ3v) is 8.34. The Morgan fingerprint density at radius 2 is 1.80 bits per heavy atom. The minimum Gasteiger partial charge on any atom is -0.507 e. The third-order valence-electron chi connectivity index (χ3n) is 6.21. The van der Waals surface area contributed by atoms with E-state index in [4.69, 9.17) is 9.47 Å².